The number of hydrogen-bond acceptors (Lipinski definition) is 2. The van der Waals surface area contributed by atoms with E-state index in [0.29, 0.717) is 10.7 Å². The number of amides is 1. The number of rotatable bonds is 3. The number of aryl methyl sites for hydroxylation is 1. The number of carbonyl (C=O) groups excluding carboxylic acids is 1. The lowest BCUT2D eigenvalue weighted by atomic mass is 10.1. The van der Waals surface area contributed by atoms with Gasteiger partial charge in [0.1, 0.15) is 11.6 Å². The molecule has 5 heteroatoms. The summed E-state index contributed by atoms with van der Waals surface area (Å²) in [7, 11) is 0. The number of nitrogens with one attached hydrogen (secondary N) is 1. The van der Waals surface area contributed by atoms with E-state index in [1.807, 2.05) is 37.3 Å². The fourth-order valence-electron chi connectivity index (χ4n) is 1.87. The second kappa shape index (κ2) is 7.13. The molecule has 0 aliphatic heterocycles. The van der Waals surface area contributed by atoms with Gasteiger partial charge in [-0.1, -0.05) is 59.1 Å². The Morgan fingerprint density at radius 1 is 1.23 bits per heavy atom. The fourth-order valence-corrected chi connectivity index (χ4v) is 2.21. The number of benzene rings is 2. The molecule has 0 saturated carbocycles. The second-order valence-electron chi connectivity index (χ2n) is 4.64. The van der Waals surface area contributed by atoms with Crippen molar-refractivity contribution in [2.24, 2.45) is 0 Å². The number of nitriles is 1. The Morgan fingerprint density at radius 3 is 2.64 bits per heavy atom. The van der Waals surface area contributed by atoms with Crippen LogP contribution in [0.2, 0.25) is 10.0 Å². The van der Waals surface area contributed by atoms with Crippen LogP contribution in [0.15, 0.2) is 48.0 Å². The highest BCUT2D eigenvalue weighted by Gasteiger charge is 2.12. The molecule has 0 atom stereocenters. The van der Waals surface area contributed by atoms with Gasteiger partial charge in [-0.05, 0) is 30.7 Å². The summed E-state index contributed by atoms with van der Waals surface area (Å²) in [5, 5.41) is 12.4. The average Bonchev–Trinajstić information content (AvgIpc) is 2.49. The largest absolute Gasteiger partial charge is 0.320 e. The highest BCUT2D eigenvalue weighted by Crippen LogP contribution is 2.29. The maximum atomic E-state index is 12.2. The van der Waals surface area contributed by atoms with Gasteiger partial charge in [-0.25, -0.2) is 0 Å². The first kappa shape index (κ1) is 16.1. The van der Waals surface area contributed by atoms with E-state index in [9.17, 15) is 10.1 Å². The van der Waals surface area contributed by atoms with Crippen molar-refractivity contribution >= 4 is 40.9 Å². The zero-order chi connectivity index (χ0) is 16.1. The summed E-state index contributed by atoms with van der Waals surface area (Å²) < 4.78 is 0. The van der Waals surface area contributed by atoms with Crippen LogP contribution in [0.25, 0.3) is 6.08 Å². The van der Waals surface area contributed by atoms with Crippen molar-refractivity contribution in [2.45, 2.75) is 6.92 Å². The standard InChI is InChI=1S/C17H12Cl2N2O/c1-11-4-2-5-12(8-11)9-13(10-20)17(22)21-15-7-3-6-14(18)16(15)19/h2-9H,1H3,(H,21,22)/b13-9-. The highest BCUT2D eigenvalue weighted by atomic mass is 35.5. The van der Waals surface area contributed by atoms with Crippen LogP contribution in [0, 0.1) is 18.3 Å². The molecule has 1 N–H and O–H groups in total. The van der Waals surface area contributed by atoms with Crippen molar-refractivity contribution in [1.82, 2.24) is 0 Å². The van der Waals surface area contributed by atoms with Gasteiger partial charge in [0.25, 0.3) is 5.91 Å². The molecule has 0 aliphatic carbocycles. The molecule has 0 bridgehead atoms. The van der Waals surface area contributed by atoms with Crippen molar-refractivity contribution in [1.29, 1.82) is 5.26 Å². The molecule has 0 spiro atoms. The van der Waals surface area contributed by atoms with E-state index < -0.39 is 5.91 Å². The van der Waals surface area contributed by atoms with Gasteiger partial charge in [-0.3, -0.25) is 4.79 Å². The first-order valence-electron chi connectivity index (χ1n) is 6.45. The van der Waals surface area contributed by atoms with E-state index >= 15 is 0 Å². The molecule has 1 amide bonds. The number of anilines is 1. The lowest BCUT2D eigenvalue weighted by Crippen LogP contribution is -2.13. The predicted molar refractivity (Wildman–Crippen MR) is 89.9 cm³/mol. The number of halogens is 2. The first-order chi connectivity index (χ1) is 10.5. The van der Waals surface area contributed by atoms with Gasteiger partial charge in [0.2, 0.25) is 0 Å². The minimum Gasteiger partial charge on any atom is -0.320 e. The topological polar surface area (TPSA) is 52.9 Å². The normalized spacial score (nSPS) is 10.9. The van der Waals surface area contributed by atoms with Gasteiger partial charge in [0, 0.05) is 0 Å². The van der Waals surface area contributed by atoms with Gasteiger partial charge < -0.3 is 5.32 Å². The molecule has 2 aromatic carbocycles. The lowest BCUT2D eigenvalue weighted by Gasteiger charge is -2.07. The SMILES string of the molecule is Cc1cccc(/C=C(/C#N)C(=O)Nc2cccc(Cl)c2Cl)c1. The van der Waals surface area contributed by atoms with Crippen LogP contribution in [0.1, 0.15) is 11.1 Å². The number of carbonyl (C=O) groups is 1. The molecule has 0 fully saturated rings. The Hall–Kier alpha value is -2.28. The molecule has 0 unspecified atom stereocenters. The van der Waals surface area contributed by atoms with Crippen LogP contribution in [0.4, 0.5) is 5.69 Å². The molecule has 0 heterocycles. The summed E-state index contributed by atoms with van der Waals surface area (Å²) in [4.78, 5) is 12.2. The fraction of sp³-hybridized carbons (Fsp3) is 0.0588. The smallest absolute Gasteiger partial charge is 0.266 e. The van der Waals surface area contributed by atoms with E-state index in [4.69, 9.17) is 23.2 Å². The van der Waals surface area contributed by atoms with Crippen molar-refractivity contribution in [3.05, 3.63) is 69.2 Å². The van der Waals surface area contributed by atoms with Crippen LogP contribution in [0.3, 0.4) is 0 Å². The van der Waals surface area contributed by atoms with E-state index in [1.54, 1.807) is 18.2 Å². The van der Waals surface area contributed by atoms with Gasteiger partial charge in [-0.2, -0.15) is 5.26 Å². The minimum absolute atomic E-state index is 0.0124. The quantitative estimate of drug-likeness (QED) is 0.646. The lowest BCUT2D eigenvalue weighted by molar-refractivity contribution is -0.112. The Morgan fingerprint density at radius 2 is 1.95 bits per heavy atom. The molecule has 0 aromatic heterocycles. The minimum atomic E-state index is -0.534. The molecule has 0 radical (unpaired) electrons. The number of hydrogen-bond donors (Lipinski definition) is 1. The summed E-state index contributed by atoms with van der Waals surface area (Å²) in [6, 6.07) is 14.3. The molecule has 22 heavy (non-hydrogen) atoms. The average molecular weight is 331 g/mol. The third kappa shape index (κ3) is 3.88. The van der Waals surface area contributed by atoms with Crippen LogP contribution in [-0.2, 0) is 4.79 Å². The molecule has 2 aromatic rings. The second-order valence-corrected chi connectivity index (χ2v) is 5.42. The van der Waals surface area contributed by atoms with Gasteiger partial charge >= 0.3 is 0 Å². The number of nitrogens with zero attached hydrogens (tertiary/aromatic N) is 1. The van der Waals surface area contributed by atoms with Crippen LogP contribution < -0.4 is 5.32 Å². The van der Waals surface area contributed by atoms with Crippen LogP contribution in [-0.4, -0.2) is 5.91 Å². The van der Waals surface area contributed by atoms with Gasteiger partial charge in [-0.15, -0.1) is 0 Å². The predicted octanol–water partition coefficient (Wildman–Crippen LogP) is 4.85. The zero-order valence-electron chi connectivity index (χ0n) is 11.7. The monoisotopic (exact) mass is 330 g/mol. The van der Waals surface area contributed by atoms with Crippen molar-refractivity contribution in [3.8, 4) is 6.07 Å². The molecular formula is C17H12Cl2N2O. The van der Waals surface area contributed by atoms with E-state index in [1.165, 1.54) is 6.08 Å². The summed E-state index contributed by atoms with van der Waals surface area (Å²) in [6.45, 7) is 1.94. The molecule has 110 valence electrons. The Kier molecular flexibility index (Phi) is 5.21. The summed E-state index contributed by atoms with van der Waals surface area (Å²) in [5.74, 6) is -0.534. The molecule has 0 aliphatic rings. The summed E-state index contributed by atoms with van der Waals surface area (Å²) >= 11 is 11.9. The molecular weight excluding hydrogens is 319 g/mol. The summed E-state index contributed by atoms with van der Waals surface area (Å²) in [6.07, 6.45) is 1.53. The Balaban J connectivity index is 2.26. The summed E-state index contributed by atoms with van der Waals surface area (Å²) in [5.41, 5.74) is 2.18. The van der Waals surface area contributed by atoms with Crippen molar-refractivity contribution in [3.63, 3.8) is 0 Å². The molecule has 3 nitrogen and oxygen atoms in total. The molecule has 0 saturated heterocycles. The first-order valence-corrected chi connectivity index (χ1v) is 7.20. The maximum absolute atomic E-state index is 12.2. The van der Waals surface area contributed by atoms with Gasteiger partial charge in [0.15, 0.2) is 0 Å². The van der Waals surface area contributed by atoms with Gasteiger partial charge in [0.05, 0.1) is 15.7 Å². The zero-order valence-corrected chi connectivity index (χ0v) is 13.2. The third-order valence-electron chi connectivity index (χ3n) is 2.92. The van der Waals surface area contributed by atoms with E-state index in [2.05, 4.69) is 5.32 Å². The Bertz CT molecular complexity index is 791. The van der Waals surface area contributed by atoms with Crippen molar-refractivity contribution in [2.75, 3.05) is 5.32 Å². The Labute approximate surface area is 138 Å². The van der Waals surface area contributed by atoms with E-state index in [-0.39, 0.29) is 10.6 Å². The third-order valence-corrected chi connectivity index (χ3v) is 3.74. The van der Waals surface area contributed by atoms with E-state index in [0.717, 1.165) is 11.1 Å². The van der Waals surface area contributed by atoms with Crippen LogP contribution >= 0.6 is 23.2 Å². The van der Waals surface area contributed by atoms with Crippen LogP contribution in [0.5, 0.6) is 0 Å². The molecule has 2 rings (SSSR count). The maximum Gasteiger partial charge on any atom is 0.266 e. The van der Waals surface area contributed by atoms with Crippen molar-refractivity contribution < 1.29 is 4.79 Å². The highest BCUT2D eigenvalue weighted by molar-refractivity contribution is 6.44.